The Hall–Kier alpha value is -2.27. The fourth-order valence-electron chi connectivity index (χ4n) is 3.52. The summed E-state index contributed by atoms with van der Waals surface area (Å²) in [6.45, 7) is 0.343. The predicted octanol–water partition coefficient (Wildman–Crippen LogP) is 3.11. The number of methoxy groups -OCH3 is 1. The summed E-state index contributed by atoms with van der Waals surface area (Å²) in [4.78, 5) is 14.8. The normalized spacial score (nSPS) is 23.5. The number of ether oxygens (including phenoxy) is 1. The molecule has 1 saturated heterocycles. The van der Waals surface area contributed by atoms with Crippen LogP contribution in [-0.4, -0.2) is 35.7 Å². The molecule has 1 aliphatic heterocycles. The van der Waals surface area contributed by atoms with Crippen molar-refractivity contribution < 1.29 is 19.1 Å². The Kier molecular flexibility index (Phi) is 3.81. The highest BCUT2D eigenvalue weighted by Gasteiger charge is 2.39. The highest BCUT2D eigenvalue weighted by molar-refractivity contribution is 5.96. The Labute approximate surface area is 140 Å². The van der Waals surface area contributed by atoms with Gasteiger partial charge in [-0.15, -0.1) is 0 Å². The number of carbonyl (C=O) groups is 1. The van der Waals surface area contributed by atoms with Crippen LogP contribution in [0.3, 0.4) is 0 Å². The number of benzene rings is 1. The van der Waals surface area contributed by atoms with Crippen molar-refractivity contribution in [1.29, 1.82) is 0 Å². The first-order valence-corrected chi connectivity index (χ1v) is 8.37. The van der Waals surface area contributed by atoms with E-state index in [1.54, 1.807) is 24.3 Å². The monoisotopic (exact) mass is 327 g/mol. The molecular weight excluding hydrogens is 306 g/mol. The molecule has 4 rings (SSSR count). The van der Waals surface area contributed by atoms with E-state index in [-0.39, 0.29) is 11.9 Å². The topological polar surface area (TPSA) is 62.9 Å². The molecule has 2 fully saturated rings. The van der Waals surface area contributed by atoms with Crippen LogP contribution in [0, 0.1) is 0 Å². The molecule has 0 radical (unpaired) electrons. The van der Waals surface area contributed by atoms with Gasteiger partial charge in [0.25, 0.3) is 5.91 Å². The van der Waals surface area contributed by atoms with E-state index in [9.17, 15) is 9.90 Å². The number of furan rings is 1. The van der Waals surface area contributed by atoms with Crippen LogP contribution in [0.25, 0.3) is 0 Å². The van der Waals surface area contributed by atoms with Crippen molar-refractivity contribution in [3.63, 3.8) is 0 Å². The molecule has 2 heterocycles. The zero-order chi connectivity index (χ0) is 16.7. The standard InChI is InChI=1S/C19H21NO4/c1-23-15-4-2-3-13(9-15)17-10-14(21)11-20(17)19(22)16-7-8-24-18(16)12-5-6-12/h2-4,7-9,12,14,17,21H,5-6,10-11H2,1H3/t14-,17+/m1/s1. The van der Waals surface area contributed by atoms with Crippen molar-refractivity contribution >= 4 is 5.91 Å². The van der Waals surface area contributed by atoms with Crippen LogP contribution in [0.15, 0.2) is 41.0 Å². The van der Waals surface area contributed by atoms with Crippen molar-refractivity contribution in [2.45, 2.75) is 37.3 Å². The van der Waals surface area contributed by atoms with Crippen LogP contribution in [0.1, 0.15) is 52.9 Å². The van der Waals surface area contributed by atoms with E-state index < -0.39 is 6.10 Å². The third-order valence-electron chi connectivity index (χ3n) is 4.89. The number of hydrogen-bond acceptors (Lipinski definition) is 4. The van der Waals surface area contributed by atoms with E-state index in [4.69, 9.17) is 9.15 Å². The molecule has 1 aromatic heterocycles. The number of hydrogen-bond donors (Lipinski definition) is 1. The smallest absolute Gasteiger partial charge is 0.258 e. The molecule has 1 N–H and O–H groups in total. The number of likely N-dealkylation sites (tertiary alicyclic amines) is 1. The third-order valence-corrected chi connectivity index (χ3v) is 4.89. The number of amides is 1. The molecule has 1 saturated carbocycles. The van der Waals surface area contributed by atoms with E-state index >= 15 is 0 Å². The molecule has 5 heteroatoms. The number of rotatable bonds is 4. The molecular formula is C19H21NO4. The first-order valence-electron chi connectivity index (χ1n) is 8.37. The van der Waals surface area contributed by atoms with Gasteiger partial charge in [-0.2, -0.15) is 0 Å². The van der Waals surface area contributed by atoms with Crippen molar-refractivity contribution in [2.24, 2.45) is 0 Å². The van der Waals surface area contributed by atoms with Crippen molar-refractivity contribution in [3.8, 4) is 5.75 Å². The molecule has 2 aromatic rings. The van der Waals surface area contributed by atoms with Gasteiger partial charge in [0.1, 0.15) is 11.5 Å². The van der Waals surface area contributed by atoms with Crippen LogP contribution >= 0.6 is 0 Å². The number of nitrogens with zero attached hydrogens (tertiary/aromatic N) is 1. The molecule has 0 spiro atoms. The number of aliphatic hydroxyl groups excluding tert-OH is 1. The number of carbonyl (C=O) groups excluding carboxylic acids is 1. The summed E-state index contributed by atoms with van der Waals surface area (Å²) >= 11 is 0. The van der Waals surface area contributed by atoms with Crippen molar-refractivity contribution in [2.75, 3.05) is 13.7 Å². The van der Waals surface area contributed by atoms with Gasteiger partial charge in [-0.25, -0.2) is 0 Å². The summed E-state index contributed by atoms with van der Waals surface area (Å²) in [5, 5.41) is 10.1. The highest BCUT2D eigenvalue weighted by Crippen LogP contribution is 2.43. The fraction of sp³-hybridized carbons (Fsp3) is 0.421. The van der Waals surface area contributed by atoms with Gasteiger partial charge in [-0.3, -0.25) is 4.79 Å². The zero-order valence-electron chi connectivity index (χ0n) is 13.6. The minimum atomic E-state index is -0.513. The van der Waals surface area contributed by atoms with Crippen LogP contribution in [0.5, 0.6) is 5.75 Å². The molecule has 1 aliphatic carbocycles. The summed E-state index contributed by atoms with van der Waals surface area (Å²) < 4.78 is 10.8. The predicted molar refractivity (Wildman–Crippen MR) is 88.1 cm³/mol. The molecule has 1 aromatic carbocycles. The molecule has 24 heavy (non-hydrogen) atoms. The minimum Gasteiger partial charge on any atom is -0.497 e. The Morgan fingerprint density at radius 3 is 2.92 bits per heavy atom. The third kappa shape index (κ3) is 2.69. The van der Waals surface area contributed by atoms with Gasteiger partial charge in [0, 0.05) is 12.5 Å². The van der Waals surface area contributed by atoms with Crippen molar-refractivity contribution in [1.82, 2.24) is 4.90 Å². The van der Waals surface area contributed by atoms with Crippen LogP contribution in [0.2, 0.25) is 0 Å². The molecule has 126 valence electrons. The summed E-state index contributed by atoms with van der Waals surface area (Å²) in [5.41, 5.74) is 1.62. The summed E-state index contributed by atoms with van der Waals surface area (Å²) in [6.07, 6.45) is 3.77. The van der Waals surface area contributed by atoms with Gasteiger partial charge in [0.15, 0.2) is 0 Å². The Morgan fingerprint density at radius 2 is 2.17 bits per heavy atom. The lowest BCUT2D eigenvalue weighted by molar-refractivity contribution is 0.0713. The molecule has 2 aliphatic rings. The molecule has 0 bridgehead atoms. The maximum atomic E-state index is 13.1. The van der Waals surface area contributed by atoms with Gasteiger partial charge >= 0.3 is 0 Å². The Morgan fingerprint density at radius 1 is 1.33 bits per heavy atom. The molecule has 2 atom stereocenters. The van der Waals surface area contributed by atoms with Gasteiger partial charge in [0.2, 0.25) is 0 Å². The Bertz CT molecular complexity index is 749. The second kappa shape index (κ2) is 5.98. The number of aliphatic hydroxyl groups is 1. The van der Waals surface area contributed by atoms with E-state index in [0.29, 0.717) is 24.4 Å². The largest absolute Gasteiger partial charge is 0.497 e. The average molecular weight is 327 g/mol. The summed E-state index contributed by atoms with van der Waals surface area (Å²) in [7, 11) is 1.62. The van der Waals surface area contributed by atoms with Crippen LogP contribution in [0.4, 0.5) is 0 Å². The lowest BCUT2D eigenvalue weighted by Gasteiger charge is -2.25. The minimum absolute atomic E-state index is 0.0602. The highest BCUT2D eigenvalue weighted by atomic mass is 16.5. The van der Waals surface area contributed by atoms with E-state index in [2.05, 4.69) is 0 Å². The van der Waals surface area contributed by atoms with Gasteiger partial charge in [-0.05, 0) is 43.0 Å². The quantitative estimate of drug-likeness (QED) is 0.937. The SMILES string of the molecule is COc1cccc([C@@H]2C[C@@H](O)CN2C(=O)c2ccoc2C2CC2)c1. The van der Waals surface area contributed by atoms with Gasteiger partial charge in [-0.1, -0.05) is 12.1 Å². The fourth-order valence-corrected chi connectivity index (χ4v) is 3.52. The average Bonchev–Trinajstić information content (AvgIpc) is 3.19. The zero-order valence-corrected chi connectivity index (χ0v) is 13.6. The van der Waals surface area contributed by atoms with Crippen LogP contribution in [-0.2, 0) is 0 Å². The lowest BCUT2D eigenvalue weighted by atomic mass is 10.0. The first kappa shape index (κ1) is 15.3. The van der Waals surface area contributed by atoms with Crippen molar-refractivity contribution in [3.05, 3.63) is 53.5 Å². The second-order valence-corrected chi connectivity index (χ2v) is 6.61. The summed E-state index contributed by atoms with van der Waals surface area (Å²) in [6, 6.07) is 9.30. The Balaban J connectivity index is 1.64. The first-order chi connectivity index (χ1) is 11.7. The molecule has 0 unspecified atom stereocenters. The van der Waals surface area contributed by atoms with E-state index in [1.165, 1.54) is 0 Å². The lowest BCUT2D eigenvalue weighted by Crippen LogP contribution is -2.32. The maximum Gasteiger partial charge on any atom is 0.258 e. The van der Waals surface area contributed by atoms with Crippen LogP contribution < -0.4 is 4.74 Å². The van der Waals surface area contributed by atoms with E-state index in [1.807, 2.05) is 24.3 Å². The van der Waals surface area contributed by atoms with E-state index in [0.717, 1.165) is 29.9 Å². The van der Waals surface area contributed by atoms with Gasteiger partial charge < -0.3 is 19.2 Å². The molecule has 5 nitrogen and oxygen atoms in total. The second-order valence-electron chi connectivity index (χ2n) is 6.61. The molecule has 1 amide bonds. The number of β-amino-alcohol motifs (C(OH)–C–C–N with tert-alkyl or cyclic N) is 1. The van der Waals surface area contributed by atoms with Gasteiger partial charge in [0.05, 0.1) is 31.1 Å². The maximum absolute atomic E-state index is 13.1. The summed E-state index contributed by atoms with van der Waals surface area (Å²) in [5.74, 6) is 1.87.